The third-order valence-electron chi connectivity index (χ3n) is 5.59. The third-order valence-corrected chi connectivity index (χ3v) is 5.59. The number of ether oxygens (including phenoxy) is 1. The van der Waals surface area contributed by atoms with Crippen LogP contribution in [0.15, 0.2) is 35.1 Å². The van der Waals surface area contributed by atoms with E-state index in [0.29, 0.717) is 18.7 Å². The van der Waals surface area contributed by atoms with E-state index in [9.17, 15) is 0 Å². The number of anilines is 1. The average molecular weight is 503 g/mol. The van der Waals surface area contributed by atoms with E-state index >= 15 is 0 Å². The molecule has 1 unspecified atom stereocenters. The van der Waals surface area contributed by atoms with E-state index in [0.717, 1.165) is 49.9 Å². The summed E-state index contributed by atoms with van der Waals surface area (Å²) in [5.41, 5.74) is 0.903. The number of benzene rings is 1. The van der Waals surface area contributed by atoms with Crippen LogP contribution < -0.4 is 9.64 Å². The molecule has 2 N–H and O–H groups in total. The maximum Gasteiger partial charge on any atom is 0.414 e. The fourth-order valence-electron chi connectivity index (χ4n) is 3.45. The van der Waals surface area contributed by atoms with Crippen LogP contribution in [-0.4, -0.2) is 96.2 Å². The lowest BCUT2D eigenvalue weighted by Crippen LogP contribution is -2.50. The summed E-state index contributed by atoms with van der Waals surface area (Å²) in [6, 6.07) is 8.85. The predicted molar refractivity (Wildman–Crippen MR) is 126 cm³/mol. The minimum atomic E-state index is -1.82. The highest BCUT2D eigenvalue weighted by atomic mass is 16.5. The first-order valence-electron chi connectivity index (χ1n) is 11.5. The first-order chi connectivity index (χ1) is 17.2. The Bertz CT molecular complexity index is 1080. The van der Waals surface area contributed by atoms with Crippen LogP contribution in [0, 0.1) is 0 Å². The van der Waals surface area contributed by atoms with E-state index in [1.165, 1.54) is 0 Å². The lowest BCUT2D eigenvalue weighted by atomic mass is 10.2. The van der Waals surface area contributed by atoms with Gasteiger partial charge in [-0.1, -0.05) is 19.0 Å². The van der Waals surface area contributed by atoms with E-state index in [-0.39, 0.29) is 5.92 Å². The molecule has 0 aliphatic carbocycles. The summed E-state index contributed by atoms with van der Waals surface area (Å²) in [5.74, 6) is -1.75. The van der Waals surface area contributed by atoms with Gasteiger partial charge in [0.2, 0.25) is 0 Å². The number of carboxylic acid groups (broad SMARTS) is 2. The molecule has 0 radical (unpaired) electrons. The number of piperazine rings is 1. The van der Waals surface area contributed by atoms with Gasteiger partial charge in [-0.2, -0.15) is 4.98 Å². The standard InChI is InChI=1S/C20H28N8O2.C2H2O4/c1-15(2)19-22-20(30-23-19)27-11-9-26(10-12-27)16(3)8-13-29-18-6-4-17(5-7-18)28-14-21-24-25-28;3-1(4)2(5)6/h4-7,14-16H,8-13H2,1-3H3;(H,3,4)(H,5,6). The van der Waals surface area contributed by atoms with E-state index in [1.807, 2.05) is 24.3 Å². The highest BCUT2D eigenvalue weighted by molar-refractivity contribution is 6.27. The van der Waals surface area contributed by atoms with Crippen LogP contribution in [0.5, 0.6) is 5.75 Å². The first-order valence-corrected chi connectivity index (χ1v) is 11.5. The molecule has 0 bridgehead atoms. The Labute approximate surface area is 207 Å². The maximum absolute atomic E-state index is 9.10. The number of rotatable bonds is 8. The Morgan fingerprint density at radius 2 is 1.72 bits per heavy atom. The molecule has 0 saturated carbocycles. The molecule has 3 heterocycles. The van der Waals surface area contributed by atoms with Crippen molar-refractivity contribution in [2.75, 3.05) is 37.7 Å². The summed E-state index contributed by atoms with van der Waals surface area (Å²) in [4.78, 5) is 27.4. The SMILES string of the molecule is CC(C)c1noc(N2CCN(C(C)CCOc3ccc(-n4cnnn4)cc3)CC2)n1.O=C(O)C(=O)O. The van der Waals surface area contributed by atoms with Gasteiger partial charge >= 0.3 is 18.0 Å². The molecule has 14 nitrogen and oxygen atoms in total. The Morgan fingerprint density at radius 3 is 2.25 bits per heavy atom. The van der Waals surface area contributed by atoms with Crippen molar-refractivity contribution in [1.82, 2.24) is 35.2 Å². The zero-order valence-corrected chi connectivity index (χ0v) is 20.4. The molecular formula is C22H30N8O6. The highest BCUT2D eigenvalue weighted by Crippen LogP contribution is 2.19. The number of aromatic nitrogens is 6. The van der Waals surface area contributed by atoms with Crippen LogP contribution in [0.25, 0.3) is 5.69 Å². The van der Waals surface area contributed by atoms with E-state index < -0.39 is 11.9 Å². The Kier molecular flexibility index (Phi) is 9.27. The molecule has 2 aromatic heterocycles. The van der Waals surface area contributed by atoms with Gasteiger partial charge in [-0.15, -0.1) is 5.10 Å². The number of tetrazole rings is 1. The molecule has 36 heavy (non-hydrogen) atoms. The molecule has 0 amide bonds. The van der Waals surface area contributed by atoms with Crippen LogP contribution in [0.1, 0.15) is 38.9 Å². The van der Waals surface area contributed by atoms with Crippen molar-refractivity contribution in [3.8, 4) is 11.4 Å². The van der Waals surface area contributed by atoms with Crippen molar-refractivity contribution in [3.05, 3.63) is 36.4 Å². The molecule has 3 aromatic rings. The van der Waals surface area contributed by atoms with Crippen LogP contribution in [0.2, 0.25) is 0 Å². The fraction of sp³-hybridized carbons (Fsp3) is 0.500. The van der Waals surface area contributed by atoms with Crippen molar-refractivity contribution in [2.24, 2.45) is 0 Å². The molecule has 194 valence electrons. The molecule has 1 atom stereocenters. The molecule has 1 aromatic carbocycles. The summed E-state index contributed by atoms with van der Waals surface area (Å²) in [6.07, 6.45) is 2.53. The number of hydrogen-bond acceptors (Lipinski definition) is 11. The quantitative estimate of drug-likeness (QED) is 0.422. The molecule has 0 spiro atoms. The van der Waals surface area contributed by atoms with Gasteiger partial charge in [-0.3, -0.25) is 4.90 Å². The molecule has 4 rings (SSSR count). The molecule has 14 heteroatoms. The minimum absolute atomic E-state index is 0.277. The van der Waals surface area contributed by atoms with Crippen molar-refractivity contribution in [1.29, 1.82) is 0 Å². The number of carboxylic acids is 2. The van der Waals surface area contributed by atoms with Gasteiger partial charge in [0, 0.05) is 38.1 Å². The zero-order chi connectivity index (χ0) is 26.1. The second-order valence-electron chi connectivity index (χ2n) is 8.46. The van der Waals surface area contributed by atoms with Gasteiger partial charge < -0.3 is 24.4 Å². The molecule has 1 aliphatic rings. The minimum Gasteiger partial charge on any atom is -0.494 e. The Balaban J connectivity index is 0.000000538. The summed E-state index contributed by atoms with van der Waals surface area (Å²) >= 11 is 0. The lowest BCUT2D eigenvalue weighted by Gasteiger charge is -2.37. The Hall–Kier alpha value is -4.07. The van der Waals surface area contributed by atoms with Gasteiger partial charge in [0.15, 0.2) is 5.82 Å². The van der Waals surface area contributed by atoms with Gasteiger partial charge in [-0.25, -0.2) is 14.3 Å². The van der Waals surface area contributed by atoms with Crippen molar-refractivity contribution in [2.45, 2.75) is 39.2 Å². The average Bonchev–Trinajstić information content (AvgIpc) is 3.58. The normalized spacial score (nSPS) is 14.7. The molecule has 1 fully saturated rings. The van der Waals surface area contributed by atoms with Crippen LogP contribution >= 0.6 is 0 Å². The zero-order valence-electron chi connectivity index (χ0n) is 20.4. The van der Waals surface area contributed by atoms with Crippen molar-refractivity contribution >= 4 is 18.0 Å². The molecular weight excluding hydrogens is 472 g/mol. The smallest absolute Gasteiger partial charge is 0.414 e. The Morgan fingerprint density at radius 1 is 1.06 bits per heavy atom. The van der Waals surface area contributed by atoms with Gasteiger partial charge in [0.05, 0.1) is 12.3 Å². The van der Waals surface area contributed by atoms with Crippen molar-refractivity contribution < 1.29 is 29.1 Å². The van der Waals surface area contributed by atoms with Gasteiger partial charge in [-0.05, 0) is 48.0 Å². The molecule has 1 saturated heterocycles. The summed E-state index contributed by atoms with van der Waals surface area (Å²) in [5, 5.41) is 30.0. The second-order valence-corrected chi connectivity index (χ2v) is 8.46. The first kappa shape index (κ1) is 26.5. The largest absolute Gasteiger partial charge is 0.494 e. The monoisotopic (exact) mass is 502 g/mol. The lowest BCUT2D eigenvalue weighted by molar-refractivity contribution is -0.159. The predicted octanol–water partition coefficient (Wildman–Crippen LogP) is 1.30. The number of hydrogen-bond donors (Lipinski definition) is 2. The van der Waals surface area contributed by atoms with Gasteiger partial charge in [0.1, 0.15) is 12.1 Å². The molecule has 1 aliphatic heterocycles. The summed E-state index contributed by atoms with van der Waals surface area (Å²) in [7, 11) is 0. The third kappa shape index (κ3) is 7.46. The van der Waals surface area contributed by atoms with E-state index in [1.54, 1.807) is 11.0 Å². The van der Waals surface area contributed by atoms with Crippen molar-refractivity contribution in [3.63, 3.8) is 0 Å². The van der Waals surface area contributed by atoms with Crippen LogP contribution in [0.3, 0.4) is 0 Å². The number of nitrogens with zero attached hydrogens (tertiary/aromatic N) is 8. The number of carbonyl (C=O) groups is 2. The highest BCUT2D eigenvalue weighted by Gasteiger charge is 2.24. The second kappa shape index (κ2) is 12.6. The van der Waals surface area contributed by atoms with E-state index in [2.05, 4.69) is 56.2 Å². The fourth-order valence-corrected chi connectivity index (χ4v) is 3.45. The number of aliphatic carboxylic acids is 2. The van der Waals surface area contributed by atoms with E-state index in [4.69, 9.17) is 29.1 Å². The summed E-state index contributed by atoms with van der Waals surface area (Å²) < 4.78 is 13.0. The topological polar surface area (TPSA) is 173 Å². The maximum atomic E-state index is 9.10. The van der Waals surface area contributed by atoms with Crippen LogP contribution in [-0.2, 0) is 9.59 Å². The summed E-state index contributed by atoms with van der Waals surface area (Å²) in [6.45, 7) is 10.8. The van der Waals surface area contributed by atoms with Crippen LogP contribution in [0.4, 0.5) is 6.01 Å². The van der Waals surface area contributed by atoms with Gasteiger partial charge in [0.25, 0.3) is 0 Å².